The number of hydrogen-bond acceptors (Lipinski definition) is 2. The lowest BCUT2D eigenvalue weighted by molar-refractivity contribution is 0.126. The number of ether oxygens (including phenoxy) is 1. The molecule has 0 heterocycles. The molecule has 0 amide bonds. The standard InChI is InChI=1S/C12H16BrF2NO/c1-3-17-7-8(2)16-6-9-11(14)5-4-10(13)12(9)15/h4-5,8,16H,3,6-7H2,1-2H3. The van der Waals surface area contributed by atoms with Crippen molar-refractivity contribution in [1.29, 1.82) is 0 Å². The van der Waals surface area contributed by atoms with Crippen LogP contribution in [0.25, 0.3) is 0 Å². The molecule has 1 N–H and O–H groups in total. The molecule has 0 fully saturated rings. The van der Waals surface area contributed by atoms with Crippen LogP contribution in [0, 0.1) is 11.6 Å². The van der Waals surface area contributed by atoms with Crippen LogP contribution in [-0.4, -0.2) is 19.3 Å². The van der Waals surface area contributed by atoms with Gasteiger partial charge in [-0.2, -0.15) is 0 Å². The molecule has 0 aromatic heterocycles. The van der Waals surface area contributed by atoms with Gasteiger partial charge >= 0.3 is 0 Å². The van der Waals surface area contributed by atoms with Gasteiger partial charge in [-0.15, -0.1) is 0 Å². The Bertz CT molecular complexity index is 374. The highest BCUT2D eigenvalue weighted by atomic mass is 79.9. The molecule has 0 aliphatic heterocycles. The first-order valence-electron chi connectivity index (χ1n) is 5.49. The van der Waals surface area contributed by atoms with Crippen LogP contribution in [-0.2, 0) is 11.3 Å². The van der Waals surface area contributed by atoms with Crippen molar-refractivity contribution in [2.75, 3.05) is 13.2 Å². The predicted octanol–water partition coefficient (Wildman–Crippen LogP) is 3.24. The smallest absolute Gasteiger partial charge is 0.144 e. The summed E-state index contributed by atoms with van der Waals surface area (Å²) >= 11 is 3.04. The van der Waals surface area contributed by atoms with Crippen LogP contribution in [0.15, 0.2) is 16.6 Å². The topological polar surface area (TPSA) is 21.3 Å². The summed E-state index contributed by atoms with van der Waals surface area (Å²) in [4.78, 5) is 0. The summed E-state index contributed by atoms with van der Waals surface area (Å²) in [5, 5.41) is 3.02. The molecule has 0 saturated heterocycles. The predicted molar refractivity (Wildman–Crippen MR) is 66.9 cm³/mol. The molecular formula is C12H16BrF2NO. The second kappa shape index (κ2) is 7.03. The number of nitrogens with one attached hydrogen (secondary N) is 1. The molecule has 0 bridgehead atoms. The summed E-state index contributed by atoms with van der Waals surface area (Å²) < 4.78 is 32.5. The molecule has 1 atom stereocenters. The van der Waals surface area contributed by atoms with Gasteiger partial charge in [-0.25, -0.2) is 8.78 Å². The van der Waals surface area contributed by atoms with Gasteiger partial charge in [0.05, 0.1) is 11.1 Å². The van der Waals surface area contributed by atoms with Gasteiger partial charge in [0.15, 0.2) is 0 Å². The molecule has 0 saturated carbocycles. The van der Waals surface area contributed by atoms with E-state index in [-0.39, 0.29) is 22.6 Å². The van der Waals surface area contributed by atoms with Crippen LogP contribution >= 0.6 is 15.9 Å². The van der Waals surface area contributed by atoms with E-state index in [1.54, 1.807) is 0 Å². The number of halogens is 3. The highest BCUT2D eigenvalue weighted by Gasteiger charge is 2.12. The molecule has 5 heteroatoms. The third-order valence-corrected chi connectivity index (χ3v) is 2.95. The van der Waals surface area contributed by atoms with Crippen molar-refractivity contribution in [3.8, 4) is 0 Å². The molecule has 1 aromatic carbocycles. The summed E-state index contributed by atoms with van der Waals surface area (Å²) in [6.45, 7) is 5.11. The fraction of sp³-hybridized carbons (Fsp3) is 0.500. The fourth-order valence-corrected chi connectivity index (χ4v) is 1.73. The molecule has 1 aromatic rings. The van der Waals surface area contributed by atoms with Crippen molar-refractivity contribution in [1.82, 2.24) is 5.32 Å². The van der Waals surface area contributed by atoms with Crippen molar-refractivity contribution in [3.05, 3.63) is 33.8 Å². The van der Waals surface area contributed by atoms with E-state index in [1.165, 1.54) is 12.1 Å². The zero-order valence-electron chi connectivity index (χ0n) is 9.90. The van der Waals surface area contributed by atoms with Crippen molar-refractivity contribution < 1.29 is 13.5 Å². The average Bonchev–Trinajstić information content (AvgIpc) is 2.31. The Balaban J connectivity index is 2.60. The largest absolute Gasteiger partial charge is 0.380 e. The van der Waals surface area contributed by atoms with E-state index >= 15 is 0 Å². The highest BCUT2D eigenvalue weighted by molar-refractivity contribution is 9.10. The minimum atomic E-state index is -0.555. The van der Waals surface area contributed by atoms with E-state index in [0.717, 1.165) is 0 Å². The highest BCUT2D eigenvalue weighted by Crippen LogP contribution is 2.21. The van der Waals surface area contributed by atoms with Crippen LogP contribution in [0.3, 0.4) is 0 Å². The van der Waals surface area contributed by atoms with E-state index < -0.39 is 11.6 Å². The third kappa shape index (κ3) is 4.33. The zero-order chi connectivity index (χ0) is 12.8. The average molecular weight is 308 g/mol. The first kappa shape index (κ1) is 14.5. The Morgan fingerprint density at radius 3 is 2.76 bits per heavy atom. The Morgan fingerprint density at radius 1 is 1.41 bits per heavy atom. The molecule has 0 radical (unpaired) electrons. The summed E-state index contributed by atoms with van der Waals surface area (Å²) in [5.41, 5.74) is 0.0442. The van der Waals surface area contributed by atoms with Crippen LogP contribution in [0.5, 0.6) is 0 Å². The number of rotatable bonds is 6. The Kier molecular flexibility index (Phi) is 6.02. The van der Waals surface area contributed by atoms with E-state index in [1.807, 2.05) is 13.8 Å². The van der Waals surface area contributed by atoms with Crippen molar-refractivity contribution >= 4 is 15.9 Å². The van der Waals surface area contributed by atoms with Gasteiger partial charge in [-0.3, -0.25) is 0 Å². The lowest BCUT2D eigenvalue weighted by Gasteiger charge is -2.14. The van der Waals surface area contributed by atoms with E-state index in [2.05, 4.69) is 21.2 Å². The first-order valence-corrected chi connectivity index (χ1v) is 6.29. The van der Waals surface area contributed by atoms with E-state index in [4.69, 9.17) is 4.74 Å². The second-order valence-electron chi connectivity index (χ2n) is 3.76. The quantitative estimate of drug-likeness (QED) is 0.815. The van der Waals surface area contributed by atoms with Gasteiger partial charge < -0.3 is 10.1 Å². The minimum absolute atomic E-state index is 0.0442. The zero-order valence-corrected chi connectivity index (χ0v) is 11.5. The molecule has 96 valence electrons. The SMILES string of the molecule is CCOCC(C)NCc1c(F)ccc(Br)c1F. The Morgan fingerprint density at radius 2 is 2.12 bits per heavy atom. The summed E-state index contributed by atoms with van der Waals surface area (Å²) in [6.07, 6.45) is 0. The van der Waals surface area contributed by atoms with Gasteiger partial charge in [-0.05, 0) is 41.9 Å². The van der Waals surface area contributed by atoms with Gasteiger partial charge in [0.25, 0.3) is 0 Å². The summed E-state index contributed by atoms with van der Waals surface area (Å²) in [5.74, 6) is -1.09. The molecular weight excluding hydrogens is 292 g/mol. The van der Waals surface area contributed by atoms with Crippen LogP contribution in [0.2, 0.25) is 0 Å². The first-order chi connectivity index (χ1) is 8.06. The third-order valence-electron chi connectivity index (χ3n) is 2.34. The maximum absolute atomic E-state index is 13.6. The van der Waals surface area contributed by atoms with E-state index in [9.17, 15) is 8.78 Å². The van der Waals surface area contributed by atoms with Crippen molar-refractivity contribution in [2.24, 2.45) is 0 Å². The van der Waals surface area contributed by atoms with Crippen LogP contribution in [0.4, 0.5) is 8.78 Å². The van der Waals surface area contributed by atoms with Crippen molar-refractivity contribution in [2.45, 2.75) is 26.4 Å². The van der Waals surface area contributed by atoms with Gasteiger partial charge in [0.1, 0.15) is 11.6 Å². The fourth-order valence-electron chi connectivity index (χ4n) is 1.36. The maximum atomic E-state index is 13.6. The number of hydrogen-bond donors (Lipinski definition) is 1. The monoisotopic (exact) mass is 307 g/mol. The molecule has 1 rings (SSSR count). The molecule has 2 nitrogen and oxygen atoms in total. The summed E-state index contributed by atoms with van der Waals surface area (Å²) in [6, 6.07) is 2.66. The van der Waals surface area contributed by atoms with Gasteiger partial charge in [0, 0.05) is 24.8 Å². The van der Waals surface area contributed by atoms with Gasteiger partial charge in [0.2, 0.25) is 0 Å². The second-order valence-corrected chi connectivity index (χ2v) is 4.62. The van der Waals surface area contributed by atoms with Gasteiger partial charge in [-0.1, -0.05) is 0 Å². The van der Waals surface area contributed by atoms with Crippen LogP contribution < -0.4 is 5.32 Å². The molecule has 17 heavy (non-hydrogen) atoms. The van der Waals surface area contributed by atoms with Crippen LogP contribution in [0.1, 0.15) is 19.4 Å². The minimum Gasteiger partial charge on any atom is -0.380 e. The molecule has 0 aliphatic carbocycles. The van der Waals surface area contributed by atoms with Crippen molar-refractivity contribution in [3.63, 3.8) is 0 Å². The summed E-state index contributed by atoms with van der Waals surface area (Å²) in [7, 11) is 0. The Hall–Kier alpha value is -0.520. The number of benzene rings is 1. The lowest BCUT2D eigenvalue weighted by Crippen LogP contribution is -2.30. The molecule has 0 spiro atoms. The molecule has 0 aliphatic rings. The maximum Gasteiger partial charge on any atom is 0.144 e. The molecule has 1 unspecified atom stereocenters. The van der Waals surface area contributed by atoms with E-state index in [0.29, 0.717) is 13.2 Å². The lowest BCUT2D eigenvalue weighted by atomic mass is 10.2. The Labute approximate surface area is 108 Å². The normalized spacial score (nSPS) is 12.8.